The molecule has 11 heteroatoms. The molecule has 0 amide bonds. The lowest BCUT2D eigenvalue weighted by Crippen LogP contribution is -2.17. The van der Waals surface area contributed by atoms with E-state index in [1.807, 2.05) is 29.0 Å². The second-order valence-electron chi connectivity index (χ2n) is 7.40. The summed E-state index contributed by atoms with van der Waals surface area (Å²) in [6.07, 6.45) is 2.18. The average molecular weight is 532 g/mol. The second-order valence-corrected chi connectivity index (χ2v) is 9.90. The fourth-order valence-corrected chi connectivity index (χ4v) is 5.09. The van der Waals surface area contributed by atoms with E-state index in [1.54, 1.807) is 7.11 Å². The molecule has 1 aromatic heterocycles. The molecule has 1 fully saturated rings. The summed E-state index contributed by atoms with van der Waals surface area (Å²) in [4.78, 5) is 18.1. The van der Waals surface area contributed by atoms with Crippen LogP contribution >= 0.6 is 23.5 Å². The lowest BCUT2D eigenvalue weighted by atomic mass is 10.1. The Labute approximate surface area is 191 Å². The summed E-state index contributed by atoms with van der Waals surface area (Å²) in [6, 6.07) is 9.49. The van der Waals surface area contributed by atoms with Crippen LogP contribution in [-0.2, 0) is 26.2 Å². The van der Waals surface area contributed by atoms with Crippen LogP contribution in [0.1, 0.15) is 29.4 Å². The van der Waals surface area contributed by atoms with E-state index in [2.05, 4.69) is 15.9 Å². The molecular formula is C21H21BrF2NO6P. The zero-order chi connectivity index (χ0) is 23.1. The van der Waals surface area contributed by atoms with Crippen LogP contribution in [0.15, 0.2) is 47.1 Å². The number of nitrogens with zero attached hydrogens (tertiary/aromatic N) is 1. The molecule has 0 radical (unpaired) electrons. The van der Waals surface area contributed by atoms with Gasteiger partial charge >= 0.3 is 13.3 Å². The van der Waals surface area contributed by atoms with Gasteiger partial charge in [0.05, 0.1) is 25.8 Å². The van der Waals surface area contributed by atoms with Crippen molar-refractivity contribution < 1.29 is 37.3 Å². The van der Waals surface area contributed by atoms with Gasteiger partial charge < -0.3 is 28.6 Å². The molecule has 2 N–H and O–H groups in total. The predicted octanol–water partition coefficient (Wildman–Crippen LogP) is 5.12. The van der Waals surface area contributed by atoms with E-state index in [1.165, 1.54) is 12.1 Å². The van der Waals surface area contributed by atoms with Crippen molar-refractivity contribution in [3.8, 4) is 5.75 Å². The normalized spacial score (nSPS) is 15.9. The van der Waals surface area contributed by atoms with Gasteiger partial charge in [0.2, 0.25) is 0 Å². The minimum Gasteiger partial charge on any atom is -0.495 e. The molecule has 7 nitrogen and oxygen atoms in total. The van der Waals surface area contributed by atoms with Crippen LogP contribution in [0, 0.1) is 0 Å². The van der Waals surface area contributed by atoms with Gasteiger partial charge in [0, 0.05) is 33.7 Å². The van der Waals surface area contributed by atoms with Gasteiger partial charge in [0.15, 0.2) is 6.29 Å². The van der Waals surface area contributed by atoms with E-state index in [-0.39, 0.29) is 4.47 Å². The van der Waals surface area contributed by atoms with Gasteiger partial charge in [-0.1, -0.05) is 40.2 Å². The van der Waals surface area contributed by atoms with Crippen LogP contribution in [0.5, 0.6) is 5.75 Å². The van der Waals surface area contributed by atoms with Gasteiger partial charge in [0.1, 0.15) is 5.75 Å². The number of rotatable bonds is 6. The van der Waals surface area contributed by atoms with Crippen LogP contribution < -0.4 is 4.74 Å². The highest BCUT2D eigenvalue weighted by atomic mass is 79.9. The summed E-state index contributed by atoms with van der Waals surface area (Å²) in [7, 11) is -4.10. The molecule has 32 heavy (non-hydrogen) atoms. The number of para-hydroxylation sites is 1. The topological polar surface area (TPSA) is 90.2 Å². The van der Waals surface area contributed by atoms with Gasteiger partial charge in [-0.05, 0) is 24.1 Å². The van der Waals surface area contributed by atoms with Gasteiger partial charge in [-0.15, -0.1) is 0 Å². The van der Waals surface area contributed by atoms with Crippen molar-refractivity contribution in [1.29, 1.82) is 0 Å². The molecule has 0 saturated carbocycles. The number of hydrogen-bond donors (Lipinski definition) is 2. The van der Waals surface area contributed by atoms with Crippen LogP contribution in [0.25, 0.3) is 10.9 Å². The molecule has 2 aromatic carbocycles. The standard InChI is InChI=1S/C21H21BrF2NO6P/c1-29-18-5-2-4-14-15(20-30-8-3-9-31-20)12-25(19(14)18)11-13-6-7-16(17(22)10-13)21(23,24)32(26,27)28/h2,4-7,10,12,20H,3,8-9,11H2,1H3,(H2,26,27,28). The number of ether oxygens (including phenoxy) is 3. The van der Waals surface area contributed by atoms with E-state index in [0.717, 1.165) is 29.0 Å². The summed E-state index contributed by atoms with van der Waals surface area (Å²) >= 11 is 3.04. The Morgan fingerprint density at radius 2 is 1.97 bits per heavy atom. The molecule has 0 aliphatic carbocycles. The summed E-state index contributed by atoms with van der Waals surface area (Å²) in [5.74, 6) is 0.633. The SMILES string of the molecule is COc1cccc2c(C3OCCCO3)cn(Cc3ccc(C(F)(F)P(=O)(O)O)c(Br)c3)c12. The number of fused-ring (bicyclic) bond motifs is 1. The number of benzene rings is 2. The van der Waals surface area contributed by atoms with Crippen LogP contribution in [0.4, 0.5) is 8.78 Å². The minimum absolute atomic E-state index is 0.0917. The summed E-state index contributed by atoms with van der Waals surface area (Å²) < 4.78 is 58.4. The molecule has 0 spiro atoms. The van der Waals surface area contributed by atoms with Crippen molar-refractivity contribution in [3.05, 3.63) is 63.8 Å². The Morgan fingerprint density at radius 3 is 2.59 bits per heavy atom. The monoisotopic (exact) mass is 531 g/mol. The van der Waals surface area contributed by atoms with E-state index in [0.29, 0.717) is 31.1 Å². The average Bonchev–Trinajstić information content (AvgIpc) is 3.12. The fraction of sp³-hybridized carbons (Fsp3) is 0.333. The first kappa shape index (κ1) is 23.4. The molecule has 2 heterocycles. The maximum absolute atomic E-state index is 14.2. The Morgan fingerprint density at radius 1 is 1.25 bits per heavy atom. The molecule has 4 rings (SSSR count). The molecular weight excluding hydrogens is 511 g/mol. The second kappa shape index (κ2) is 8.85. The first-order valence-corrected chi connectivity index (χ1v) is 12.2. The molecule has 0 bridgehead atoms. The first-order chi connectivity index (χ1) is 15.1. The van der Waals surface area contributed by atoms with E-state index >= 15 is 0 Å². The van der Waals surface area contributed by atoms with E-state index in [4.69, 9.17) is 24.0 Å². The van der Waals surface area contributed by atoms with Crippen molar-refractivity contribution in [1.82, 2.24) is 4.57 Å². The highest BCUT2D eigenvalue weighted by Crippen LogP contribution is 2.60. The first-order valence-electron chi connectivity index (χ1n) is 9.75. The maximum atomic E-state index is 14.2. The van der Waals surface area contributed by atoms with E-state index < -0.39 is 25.1 Å². The van der Waals surface area contributed by atoms with Gasteiger partial charge in [0.25, 0.3) is 0 Å². The molecule has 1 saturated heterocycles. The number of aromatic nitrogens is 1. The fourth-order valence-electron chi connectivity index (χ4n) is 3.75. The smallest absolute Gasteiger partial charge is 0.399 e. The Kier molecular flexibility index (Phi) is 6.46. The van der Waals surface area contributed by atoms with Crippen molar-refractivity contribution in [3.63, 3.8) is 0 Å². The number of methoxy groups -OCH3 is 1. The lowest BCUT2D eigenvalue weighted by molar-refractivity contribution is -0.182. The highest BCUT2D eigenvalue weighted by Gasteiger charge is 2.51. The largest absolute Gasteiger partial charge is 0.495 e. The van der Waals surface area contributed by atoms with Gasteiger partial charge in [-0.2, -0.15) is 8.78 Å². The summed E-state index contributed by atoms with van der Waals surface area (Å²) in [5.41, 5.74) is -2.79. The van der Waals surface area contributed by atoms with Gasteiger partial charge in [-0.3, -0.25) is 4.57 Å². The highest BCUT2D eigenvalue weighted by molar-refractivity contribution is 9.10. The third kappa shape index (κ3) is 4.23. The number of hydrogen-bond acceptors (Lipinski definition) is 4. The molecule has 0 atom stereocenters. The number of alkyl halides is 2. The van der Waals surface area contributed by atoms with Crippen LogP contribution in [0.3, 0.4) is 0 Å². The molecule has 1 aliphatic heterocycles. The number of halogens is 3. The summed E-state index contributed by atoms with van der Waals surface area (Å²) in [5, 5.41) is 0.889. The predicted molar refractivity (Wildman–Crippen MR) is 117 cm³/mol. The molecule has 1 aliphatic rings. The quantitative estimate of drug-likeness (QED) is 0.429. The van der Waals surface area contributed by atoms with Crippen molar-refractivity contribution in [2.24, 2.45) is 0 Å². The molecule has 172 valence electrons. The van der Waals surface area contributed by atoms with Crippen molar-refractivity contribution in [2.45, 2.75) is 24.9 Å². The van der Waals surface area contributed by atoms with Crippen molar-refractivity contribution in [2.75, 3.05) is 20.3 Å². The third-order valence-corrected chi connectivity index (χ3v) is 6.90. The summed E-state index contributed by atoms with van der Waals surface area (Å²) in [6.45, 7) is 1.47. The molecule has 3 aromatic rings. The Hall–Kier alpha value is -1.81. The Bertz CT molecular complexity index is 1190. The van der Waals surface area contributed by atoms with Crippen LogP contribution in [0.2, 0.25) is 0 Å². The third-order valence-electron chi connectivity index (χ3n) is 5.27. The maximum Gasteiger partial charge on any atom is 0.399 e. The zero-order valence-corrected chi connectivity index (χ0v) is 19.5. The molecule has 0 unspecified atom stereocenters. The van der Waals surface area contributed by atoms with E-state index in [9.17, 15) is 13.3 Å². The zero-order valence-electron chi connectivity index (χ0n) is 17.0. The minimum atomic E-state index is -5.67. The van der Waals surface area contributed by atoms with Crippen molar-refractivity contribution >= 4 is 34.4 Å². The van der Waals surface area contributed by atoms with Gasteiger partial charge in [-0.25, -0.2) is 0 Å². The lowest BCUT2D eigenvalue weighted by Gasteiger charge is -2.22. The Balaban J connectivity index is 1.75. The van der Waals surface area contributed by atoms with Crippen LogP contribution in [-0.4, -0.2) is 34.7 Å².